The summed E-state index contributed by atoms with van der Waals surface area (Å²) < 4.78 is 11.9. The van der Waals surface area contributed by atoms with Crippen LogP contribution in [0.3, 0.4) is 0 Å². The van der Waals surface area contributed by atoms with Crippen LogP contribution in [-0.2, 0) is 16.0 Å². The molecule has 22 heavy (non-hydrogen) atoms. The van der Waals surface area contributed by atoms with E-state index in [9.17, 15) is 5.21 Å². The van der Waals surface area contributed by atoms with Gasteiger partial charge in [0.25, 0.3) is 0 Å². The van der Waals surface area contributed by atoms with Crippen molar-refractivity contribution in [2.24, 2.45) is 5.92 Å². The number of likely N-dealkylation sites (tertiary alicyclic amines) is 1. The quantitative estimate of drug-likeness (QED) is 0.634. The highest BCUT2D eigenvalue weighted by atomic mass is 16.8. The van der Waals surface area contributed by atoms with Crippen LogP contribution in [0.25, 0.3) is 0 Å². The number of hydroxylamine groups is 3. The maximum Gasteiger partial charge on any atom is 0.164 e. The highest BCUT2D eigenvalue weighted by Gasteiger charge is 2.62. The Morgan fingerprint density at radius 2 is 1.73 bits per heavy atom. The van der Waals surface area contributed by atoms with Crippen molar-refractivity contribution in [1.29, 1.82) is 0 Å². The van der Waals surface area contributed by atoms with E-state index in [4.69, 9.17) is 9.47 Å². The lowest BCUT2D eigenvalue weighted by Crippen LogP contribution is -2.56. The first-order valence-corrected chi connectivity index (χ1v) is 8.22. The van der Waals surface area contributed by atoms with Crippen LogP contribution in [0.15, 0.2) is 30.3 Å². The van der Waals surface area contributed by atoms with Crippen LogP contribution in [0.2, 0.25) is 0 Å². The van der Waals surface area contributed by atoms with Crippen molar-refractivity contribution in [3.63, 3.8) is 0 Å². The summed E-state index contributed by atoms with van der Waals surface area (Å²) in [5, 5.41) is 13.8. The number of nitrogens with zero attached hydrogens (tertiary/aromatic N) is 1. The van der Waals surface area contributed by atoms with Gasteiger partial charge in [-0.25, -0.2) is 0 Å². The third-order valence-electron chi connectivity index (χ3n) is 5.13. The predicted molar refractivity (Wildman–Crippen MR) is 85.7 cm³/mol. The Bertz CT molecular complexity index is 530. The molecule has 2 heterocycles. The molecule has 2 saturated heterocycles. The Balaban J connectivity index is 1.93. The van der Waals surface area contributed by atoms with Crippen LogP contribution in [0.1, 0.15) is 40.2 Å². The number of quaternary nitrogens is 1. The summed E-state index contributed by atoms with van der Waals surface area (Å²) in [5.41, 5.74) is 1.08. The molecule has 0 bridgehead atoms. The van der Waals surface area contributed by atoms with Gasteiger partial charge in [0.2, 0.25) is 0 Å². The second kappa shape index (κ2) is 5.31. The first-order chi connectivity index (χ1) is 10.2. The van der Waals surface area contributed by atoms with E-state index in [1.807, 2.05) is 51.1 Å². The molecule has 2 aliphatic heterocycles. The molecule has 5 atom stereocenters. The molecule has 0 aliphatic carbocycles. The molecule has 0 N–H and O–H groups in total. The van der Waals surface area contributed by atoms with Gasteiger partial charge in [-0.1, -0.05) is 44.2 Å². The van der Waals surface area contributed by atoms with Crippen LogP contribution in [0.5, 0.6) is 0 Å². The molecule has 0 aromatic heterocycles. The molecule has 0 radical (unpaired) electrons. The maximum atomic E-state index is 13.8. The average molecular weight is 305 g/mol. The van der Waals surface area contributed by atoms with Gasteiger partial charge in [0.15, 0.2) is 5.79 Å². The van der Waals surface area contributed by atoms with E-state index in [0.29, 0.717) is 6.54 Å². The Kier molecular flexibility index (Phi) is 3.84. The Morgan fingerprint density at radius 3 is 2.32 bits per heavy atom. The zero-order valence-corrected chi connectivity index (χ0v) is 14.2. The fourth-order valence-electron chi connectivity index (χ4n) is 4.23. The zero-order chi connectivity index (χ0) is 16.1. The molecule has 4 nitrogen and oxygen atoms in total. The molecular weight excluding hydrogens is 278 g/mol. The molecule has 1 aromatic rings. The van der Waals surface area contributed by atoms with Gasteiger partial charge < -0.3 is 19.3 Å². The normalized spacial score (nSPS) is 40.1. The van der Waals surface area contributed by atoms with E-state index in [1.54, 1.807) is 0 Å². The summed E-state index contributed by atoms with van der Waals surface area (Å²) in [4.78, 5) is 0. The lowest BCUT2D eigenvalue weighted by atomic mass is 9.97. The van der Waals surface area contributed by atoms with E-state index < -0.39 is 5.79 Å². The third-order valence-corrected chi connectivity index (χ3v) is 5.13. The fraction of sp³-hybridized carbons (Fsp3) is 0.667. The molecular formula is C18H27NO3. The molecule has 4 heteroatoms. The lowest BCUT2D eigenvalue weighted by molar-refractivity contribution is -0.934. The molecule has 0 saturated carbocycles. The van der Waals surface area contributed by atoms with Crippen LogP contribution in [0, 0.1) is 11.1 Å². The number of rotatable bonds is 3. The van der Waals surface area contributed by atoms with Crippen molar-refractivity contribution in [3.05, 3.63) is 41.1 Å². The summed E-state index contributed by atoms with van der Waals surface area (Å²) in [6.45, 7) is 10.6. The maximum absolute atomic E-state index is 13.8. The monoisotopic (exact) mass is 305 g/mol. The number of ether oxygens (including phenoxy) is 2. The summed E-state index contributed by atoms with van der Waals surface area (Å²) in [6, 6.07) is 9.80. The molecule has 1 aromatic carbocycles. The van der Waals surface area contributed by atoms with Gasteiger partial charge in [-0.3, -0.25) is 0 Å². The minimum Gasteiger partial charge on any atom is -0.632 e. The van der Waals surface area contributed by atoms with E-state index in [-0.39, 0.29) is 34.9 Å². The molecule has 0 spiro atoms. The number of benzene rings is 1. The molecule has 2 aliphatic rings. The zero-order valence-electron chi connectivity index (χ0n) is 14.2. The van der Waals surface area contributed by atoms with Gasteiger partial charge in [0.05, 0.1) is 0 Å². The minimum atomic E-state index is -0.589. The topological polar surface area (TPSA) is 41.5 Å². The van der Waals surface area contributed by atoms with E-state index in [1.165, 1.54) is 0 Å². The highest BCUT2D eigenvalue weighted by Crippen LogP contribution is 2.47. The lowest BCUT2D eigenvalue weighted by Gasteiger charge is -2.50. The van der Waals surface area contributed by atoms with Crippen molar-refractivity contribution in [1.82, 2.24) is 0 Å². The smallest absolute Gasteiger partial charge is 0.164 e. The SMILES string of the molecule is CC(C)[C@@H]1[C@@H]2OC(C)(C)O[C@@H]2[C@@H](C)[N@+]1([O-])Cc1ccccc1. The standard InChI is InChI=1S/C18H27NO3/c1-12(2)15-17-16(21-18(4,5)22-17)13(3)19(15,20)11-14-9-7-6-8-10-14/h6-10,12-13,15-17H,11H2,1-5H3/t13-,15-,16-,17+,19-/m1/s1. The molecule has 122 valence electrons. The van der Waals surface area contributed by atoms with Gasteiger partial charge in [0, 0.05) is 11.5 Å². The van der Waals surface area contributed by atoms with Crippen molar-refractivity contribution in [2.45, 2.75) is 71.2 Å². The van der Waals surface area contributed by atoms with Gasteiger partial charge in [-0.2, -0.15) is 0 Å². The van der Waals surface area contributed by atoms with Gasteiger partial charge >= 0.3 is 0 Å². The van der Waals surface area contributed by atoms with Gasteiger partial charge in [-0.15, -0.1) is 0 Å². The molecule has 0 unspecified atom stereocenters. The summed E-state index contributed by atoms with van der Waals surface area (Å²) in [6.07, 6.45) is -0.241. The van der Waals surface area contributed by atoms with Crippen LogP contribution in [0.4, 0.5) is 0 Å². The summed E-state index contributed by atoms with van der Waals surface area (Å²) >= 11 is 0. The van der Waals surface area contributed by atoms with Crippen molar-refractivity contribution < 1.29 is 14.1 Å². The average Bonchev–Trinajstić information content (AvgIpc) is 2.82. The predicted octanol–water partition coefficient (Wildman–Crippen LogP) is 3.45. The molecule has 2 fully saturated rings. The highest BCUT2D eigenvalue weighted by molar-refractivity contribution is 5.14. The van der Waals surface area contributed by atoms with Gasteiger partial charge in [-0.05, 0) is 20.8 Å². The third kappa shape index (κ3) is 2.48. The summed E-state index contributed by atoms with van der Waals surface area (Å²) in [7, 11) is 0. The van der Waals surface area contributed by atoms with E-state index in [0.717, 1.165) is 5.56 Å². The summed E-state index contributed by atoms with van der Waals surface area (Å²) in [5.74, 6) is -0.342. The van der Waals surface area contributed by atoms with E-state index >= 15 is 0 Å². The van der Waals surface area contributed by atoms with Crippen LogP contribution in [-0.4, -0.2) is 34.7 Å². The van der Waals surface area contributed by atoms with E-state index in [2.05, 4.69) is 13.8 Å². The van der Waals surface area contributed by atoms with Gasteiger partial charge in [0.1, 0.15) is 30.8 Å². The minimum absolute atomic E-state index is 0.0954. The van der Waals surface area contributed by atoms with Crippen molar-refractivity contribution in [3.8, 4) is 0 Å². The first kappa shape index (κ1) is 15.9. The largest absolute Gasteiger partial charge is 0.632 e. The number of fused-ring (bicyclic) bond motifs is 1. The van der Waals surface area contributed by atoms with Crippen LogP contribution < -0.4 is 0 Å². The Labute approximate surface area is 133 Å². The Hall–Kier alpha value is -0.940. The van der Waals surface area contributed by atoms with Crippen molar-refractivity contribution in [2.75, 3.05) is 0 Å². The number of hydrogen-bond donors (Lipinski definition) is 0. The van der Waals surface area contributed by atoms with Crippen molar-refractivity contribution >= 4 is 0 Å². The first-order valence-electron chi connectivity index (χ1n) is 8.22. The molecule has 3 rings (SSSR count). The Morgan fingerprint density at radius 1 is 1.14 bits per heavy atom. The fourth-order valence-corrected chi connectivity index (χ4v) is 4.23. The second-order valence-corrected chi connectivity index (χ2v) is 7.54. The molecule has 0 amide bonds. The van der Waals surface area contributed by atoms with Crippen LogP contribution >= 0.6 is 0 Å². The second-order valence-electron chi connectivity index (χ2n) is 7.54. The number of hydrogen-bond acceptors (Lipinski definition) is 3.